The van der Waals surface area contributed by atoms with Gasteiger partial charge in [-0.1, -0.05) is 26.7 Å². The van der Waals surface area contributed by atoms with Crippen LogP contribution in [0.25, 0.3) is 0 Å². The first-order chi connectivity index (χ1) is 12.6. The van der Waals surface area contributed by atoms with Crippen molar-refractivity contribution in [2.24, 2.45) is 33.7 Å². The van der Waals surface area contributed by atoms with E-state index in [1.165, 1.54) is 0 Å². The van der Waals surface area contributed by atoms with Crippen molar-refractivity contribution >= 4 is 24.0 Å². The Kier molecular flexibility index (Phi) is 9.21. The SMILES string of the molecule is C[C@@H]1CC[C@@H](C=NCCCCCCN=CC2CC[C@H](C)CC2=O)C(=O)C1. The fourth-order valence-corrected chi connectivity index (χ4v) is 3.92. The van der Waals surface area contributed by atoms with Gasteiger partial charge in [-0.3, -0.25) is 19.6 Å². The van der Waals surface area contributed by atoms with Gasteiger partial charge in [-0.05, 0) is 50.4 Å². The van der Waals surface area contributed by atoms with E-state index >= 15 is 0 Å². The third-order valence-corrected chi connectivity index (χ3v) is 5.76. The number of unbranched alkanes of at least 4 members (excludes halogenated alkanes) is 3. The minimum Gasteiger partial charge on any atom is -0.299 e. The van der Waals surface area contributed by atoms with Crippen LogP contribution in [0.15, 0.2) is 9.98 Å². The minimum atomic E-state index is 0.0750. The van der Waals surface area contributed by atoms with Gasteiger partial charge in [-0.2, -0.15) is 0 Å². The maximum atomic E-state index is 11.9. The number of carbonyl (C=O) groups excluding carboxylic acids is 2. The van der Waals surface area contributed by atoms with Crippen molar-refractivity contribution in [1.29, 1.82) is 0 Å². The normalized spacial score (nSPS) is 30.5. The fourth-order valence-electron chi connectivity index (χ4n) is 3.92. The number of Topliss-reactive ketones (excluding diaryl/α,β-unsaturated/α-hetero) is 2. The van der Waals surface area contributed by atoms with Crippen LogP contribution in [0.2, 0.25) is 0 Å². The van der Waals surface area contributed by atoms with Crippen molar-refractivity contribution in [3.63, 3.8) is 0 Å². The first-order valence-corrected chi connectivity index (χ1v) is 10.6. The summed E-state index contributed by atoms with van der Waals surface area (Å²) in [6.07, 6.45) is 14.0. The zero-order valence-electron chi connectivity index (χ0n) is 16.7. The molecule has 146 valence electrons. The van der Waals surface area contributed by atoms with Crippen molar-refractivity contribution in [2.75, 3.05) is 13.1 Å². The highest BCUT2D eigenvalue weighted by atomic mass is 16.1. The molecular weight excluding hydrogens is 324 g/mol. The first-order valence-electron chi connectivity index (χ1n) is 10.6. The van der Waals surface area contributed by atoms with E-state index in [0.717, 1.165) is 77.3 Å². The number of hydrogen-bond acceptors (Lipinski definition) is 4. The Morgan fingerprint density at radius 2 is 1.15 bits per heavy atom. The van der Waals surface area contributed by atoms with Crippen LogP contribution in [0.4, 0.5) is 0 Å². The quantitative estimate of drug-likeness (QED) is 0.442. The zero-order chi connectivity index (χ0) is 18.8. The molecule has 0 aromatic heterocycles. The number of carbonyl (C=O) groups is 2. The van der Waals surface area contributed by atoms with Crippen LogP contribution < -0.4 is 0 Å². The molecule has 0 heterocycles. The number of rotatable bonds is 9. The zero-order valence-corrected chi connectivity index (χ0v) is 16.7. The topological polar surface area (TPSA) is 58.9 Å². The lowest BCUT2D eigenvalue weighted by Gasteiger charge is -2.21. The maximum absolute atomic E-state index is 11.9. The van der Waals surface area contributed by atoms with E-state index in [4.69, 9.17) is 0 Å². The molecule has 4 nitrogen and oxygen atoms in total. The second kappa shape index (κ2) is 11.4. The Hall–Kier alpha value is -1.32. The summed E-state index contributed by atoms with van der Waals surface area (Å²) in [6, 6.07) is 0. The van der Waals surface area contributed by atoms with Gasteiger partial charge in [0.1, 0.15) is 11.6 Å². The smallest absolute Gasteiger partial charge is 0.141 e. The van der Waals surface area contributed by atoms with E-state index in [-0.39, 0.29) is 11.8 Å². The minimum absolute atomic E-state index is 0.0750. The Labute approximate surface area is 159 Å². The van der Waals surface area contributed by atoms with Crippen LogP contribution in [0.3, 0.4) is 0 Å². The monoisotopic (exact) mass is 360 g/mol. The summed E-state index contributed by atoms with van der Waals surface area (Å²) in [7, 11) is 0. The highest BCUT2D eigenvalue weighted by molar-refractivity contribution is 5.96. The van der Waals surface area contributed by atoms with E-state index < -0.39 is 0 Å². The van der Waals surface area contributed by atoms with Crippen molar-refractivity contribution in [1.82, 2.24) is 0 Å². The number of nitrogens with zero attached hydrogens (tertiary/aromatic N) is 2. The molecule has 0 amide bonds. The molecule has 26 heavy (non-hydrogen) atoms. The standard InChI is InChI=1S/C22H36N2O2/c1-17-7-9-19(21(25)13-17)15-23-11-5-3-4-6-12-24-16-20-10-8-18(2)14-22(20)26/h15-20H,3-14H2,1-2H3/t17-,18+,19+,20?/m1/s1. The van der Waals surface area contributed by atoms with E-state index in [1.807, 2.05) is 12.4 Å². The van der Waals surface area contributed by atoms with E-state index in [9.17, 15) is 9.59 Å². The molecule has 2 aliphatic carbocycles. The molecule has 4 atom stereocenters. The van der Waals surface area contributed by atoms with Gasteiger partial charge in [0.2, 0.25) is 0 Å². The lowest BCUT2D eigenvalue weighted by atomic mass is 9.82. The van der Waals surface area contributed by atoms with E-state index in [0.29, 0.717) is 23.4 Å². The van der Waals surface area contributed by atoms with Gasteiger partial charge >= 0.3 is 0 Å². The molecule has 0 saturated heterocycles. The molecule has 0 spiro atoms. The van der Waals surface area contributed by atoms with Crippen molar-refractivity contribution < 1.29 is 9.59 Å². The second-order valence-corrected chi connectivity index (χ2v) is 8.44. The predicted molar refractivity (Wildman–Crippen MR) is 108 cm³/mol. The van der Waals surface area contributed by atoms with Crippen LogP contribution in [-0.4, -0.2) is 37.1 Å². The van der Waals surface area contributed by atoms with Gasteiger partial charge in [0, 0.05) is 38.4 Å². The second-order valence-electron chi connectivity index (χ2n) is 8.44. The lowest BCUT2D eigenvalue weighted by Crippen LogP contribution is -2.24. The van der Waals surface area contributed by atoms with Crippen LogP contribution >= 0.6 is 0 Å². The summed E-state index contributed by atoms with van der Waals surface area (Å²) < 4.78 is 0. The van der Waals surface area contributed by atoms with Crippen LogP contribution in [0.5, 0.6) is 0 Å². The molecule has 2 saturated carbocycles. The Balaban J connectivity index is 1.47. The average molecular weight is 361 g/mol. The van der Waals surface area contributed by atoms with E-state index in [2.05, 4.69) is 23.8 Å². The summed E-state index contributed by atoms with van der Waals surface area (Å²) in [6.45, 7) is 5.97. The molecule has 0 aliphatic heterocycles. The van der Waals surface area contributed by atoms with Gasteiger partial charge in [-0.25, -0.2) is 0 Å². The number of ketones is 2. The highest BCUT2D eigenvalue weighted by Gasteiger charge is 2.25. The summed E-state index contributed by atoms with van der Waals surface area (Å²) in [5.74, 6) is 1.99. The molecule has 2 rings (SSSR count). The van der Waals surface area contributed by atoms with Crippen LogP contribution in [-0.2, 0) is 9.59 Å². The third-order valence-electron chi connectivity index (χ3n) is 5.76. The summed E-state index contributed by atoms with van der Waals surface area (Å²) in [5, 5.41) is 0. The first kappa shape index (κ1) is 21.0. The number of aliphatic imine (C=N–C) groups is 2. The molecular formula is C22H36N2O2. The molecule has 0 bridgehead atoms. The molecule has 0 aromatic rings. The van der Waals surface area contributed by atoms with Crippen LogP contribution in [0.1, 0.15) is 78.1 Å². The maximum Gasteiger partial charge on any atom is 0.141 e. The summed E-state index contributed by atoms with van der Waals surface area (Å²) in [5.41, 5.74) is 0. The largest absolute Gasteiger partial charge is 0.299 e. The number of hydrogen-bond donors (Lipinski definition) is 0. The van der Waals surface area contributed by atoms with Gasteiger partial charge in [-0.15, -0.1) is 0 Å². The van der Waals surface area contributed by atoms with Gasteiger partial charge in [0.25, 0.3) is 0 Å². The molecule has 0 N–H and O–H groups in total. The van der Waals surface area contributed by atoms with Crippen molar-refractivity contribution in [3.8, 4) is 0 Å². The molecule has 2 fully saturated rings. The van der Waals surface area contributed by atoms with Crippen LogP contribution in [0, 0.1) is 23.7 Å². The van der Waals surface area contributed by atoms with E-state index in [1.54, 1.807) is 0 Å². The molecule has 2 aliphatic rings. The molecule has 1 unspecified atom stereocenters. The third kappa shape index (κ3) is 7.51. The van der Waals surface area contributed by atoms with Gasteiger partial charge in [0.15, 0.2) is 0 Å². The van der Waals surface area contributed by atoms with Crippen molar-refractivity contribution in [2.45, 2.75) is 78.1 Å². The fraction of sp³-hybridized carbons (Fsp3) is 0.818. The van der Waals surface area contributed by atoms with Gasteiger partial charge in [0.05, 0.1) is 11.8 Å². The lowest BCUT2D eigenvalue weighted by molar-refractivity contribution is -0.124. The molecule has 0 radical (unpaired) electrons. The predicted octanol–water partition coefficient (Wildman–Crippen LogP) is 4.70. The van der Waals surface area contributed by atoms with Crippen molar-refractivity contribution in [3.05, 3.63) is 0 Å². The Morgan fingerprint density at radius 1 is 0.731 bits per heavy atom. The van der Waals surface area contributed by atoms with Gasteiger partial charge < -0.3 is 0 Å². The summed E-state index contributed by atoms with van der Waals surface area (Å²) in [4.78, 5) is 32.7. The molecule has 0 aromatic carbocycles. The average Bonchev–Trinajstić information content (AvgIpc) is 2.59. The Morgan fingerprint density at radius 3 is 1.54 bits per heavy atom. The molecule has 4 heteroatoms. The summed E-state index contributed by atoms with van der Waals surface area (Å²) >= 11 is 0. The Bertz CT molecular complexity index is 466. The highest BCUT2D eigenvalue weighted by Crippen LogP contribution is 2.25.